The predicted octanol–water partition coefficient (Wildman–Crippen LogP) is 4.72. The lowest BCUT2D eigenvalue weighted by molar-refractivity contribution is -0.129. The van der Waals surface area contributed by atoms with Gasteiger partial charge in [-0.15, -0.1) is 0 Å². The second-order valence-electron chi connectivity index (χ2n) is 8.80. The number of nitrogens with zero attached hydrogens (tertiary/aromatic N) is 3. The number of likely N-dealkylation sites (tertiary alicyclic amines) is 1. The molecule has 37 heavy (non-hydrogen) atoms. The van der Waals surface area contributed by atoms with E-state index in [1.807, 2.05) is 23.1 Å². The Kier molecular flexibility index (Phi) is 8.03. The Morgan fingerprint density at radius 3 is 2.43 bits per heavy atom. The van der Waals surface area contributed by atoms with Gasteiger partial charge in [0.05, 0.1) is 36.6 Å². The topological polar surface area (TPSA) is 126 Å². The second kappa shape index (κ2) is 11.2. The number of hydrogen-bond acceptors (Lipinski definition) is 8. The minimum atomic E-state index is -3.48. The zero-order chi connectivity index (χ0) is 26.6. The normalized spacial score (nSPS) is 14.2. The van der Waals surface area contributed by atoms with Crippen LogP contribution in [0, 0.1) is 0 Å². The second-order valence-corrected chi connectivity index (χ2v) is 11.0. The van der Waals surface area contributed by atoms with Gasteiger partial charge >= 0.3 is 0 Å². The maximum Gasteiger partial charge on any atom is 0.229 e. The fraction of sp³-hybridized carbons (Fsp3) is 0.320. The number of carbonyl (C=O) groups is 1. The van der Waals surface area contributed by atoms with E-state index in [-0.39, 0.29) is 16.9 Å². The third-order valence-corrected chi connectivity index (χ3v) is 6.97. The van der Waals surface area contributed by atoms with Crippen LogP contribution >= 0.6 is 11.6 Å². The van der Waals surface area contributed by atoms with Crippen LogP contribution in [0.15, 0.2) is 48.7 Å². The van der Waals surface area contributed by atoms with Crippen LogP contribution in [0.4, 0.5) is 28.8 Å². The van der Waals surface area contributed by atoms with Gasteiger partial charge in [-0.25, -0.2) is 13.4 Å². The molecule has 0 bridgehead atoms. The van der Waals surface area contributed by atoms with Gasteiger partial charge < -0.3 is 20.3 Å². The van der Waals surface area contributed by atoms with Gasteiger partial charge in [0, 0.05) is 20.0 Å². The van der Waals surface area contributed by atoms with Gasteiger partial charge in [-0.1, -0.05) is 29.8 Å². The first-order chi connectivity index (χ1) is 17.6. The molecule has 0 unspecified atom stereocenters. The summed E-state index contributed by atoms with van der Waals surface area (Å²) in [5.41, 5.74) is 2.68. The maximum atomic E-state index is 11.7. The number of para-hydroxylation sites is 2. The molecule has 2 aromatic carbocycles. The quantitative estimate of drug-likeness (QED) is 0.372. The summed E-state index contributed by atoms with van der Waals surface area (Å²) < 4.78 is 31.6. The van der Waals surface area contributed by atoms with Crippen molar-refractivity contribution in [3.8, 4) is 5.75 Å². The van der Waals surface area contributed by atoms with Gasteiger partial charge in [-0.3, -0.25) is 9.52 Å². The molecule has 1 aromatic heterocycles. The molecule has 10 nitrogen and oxygen atoms in total. The molecule has 1 saturated heterocycles. The standard InChI is InChI=1S/C25H29ClN6O4S/c1-16(33)32-12-10-17(11-13-32)18-8-9-22(23(14-18)36-2)29-25-27-15-19(26)24(30-25)28-20-6-4-5-7-21(20)31-37(3,34)35/h4-9,14-15,17,31H,10-13H2,1-3H3,(H2,27,28,29,30). The molecule has 1 fully saturated rings. The van der Waals surface area contributed by atoms with Crippen molar-refractivity contribution in [3.63, 3.8) is 0 Å². The van der Waals surface area contributed by atoms with Crippen molar-refractivity contribution in [3.05, 3.63) is 59.2 Å². The number of hydrogen-bond donors (Lipinski definition) is 3. The van der Waals surface area contributed by atoms with E-state index in [4.69, 9.17) is 16.3 Å². The molecule has 1 aliphatic rings. The van der Waals surface area contributed by atoms with E-state index in [2.05, 4.69) is 25.3 Å². The molecule has 196 valence electrons. The molecular weight excluding hydrogens is 516 g/mol. The molecule has 0 spiro atoms. The van der Waals surface area contributed by atoms with E-state index < -0.39 is 10.0 Å². The summed E-state index contributed by atoms with van der Waals surface area (Å²) in [5, 5.41) is 6.51. The first-order valence-corrected chi connectivity index (χ1v) is 14.0. The Bertz CT molecular complexity index is 1390. The SMILES string of the molecule is COc1cc(C2CCN(C(C)=O)CC2)ccc1Nc1ncc(Cl)c(Nc2ccccc2NS(C)(=O)=O)n1. The summed E-state index contributed by atoms with van der Waals surface area (Å²) >= 11 is 6.33. The highest BCUT2D eigenvalue weighted by molar-refractivity contribution is 7.92. The van der Waals surface area contributed by atoms with E-state index in [1.165, 1.54) is 6.20 Å². The first kappa shape index (κ1) is 26.5. The maximum absolute atomic E-state index is 11.7. The van der Waals surface area contributed by atoms with Crippen molar-refractivity contribution in [1.29, 1.82) is 0 Å². The molecule has 2 heterocycles. The highest BCUT2D eigenvalue weighted by Crippen LogP contribution is 2.35. The summed E-state index contributed by atoms with van der Waals surface area (Å²) in [5.74, 6) is 1.68. The average molecular weight is 545 g/mol. The first-order valence-electron chi connectivity index (χ1n) is 11.7. The third kappa shape index (κ3) is 6.80. The molecule has 0 saturated carbocycles. The van der Waals surface area contributed by atoms with Gasteiger partial charge in [-0.2, -0.15) is 4.98 Å². The number of ether oxygens (including phenoxy) is 1. The summed E-state index contributed by atoms with van der Waals surface area (Å²) in [7, 11) is -1.88. The zero-order valence-electron chi connectivity index (χ0n) is 20.8. The predicted molar refractivity (Wildman–Crippen MR) is 146 cm³/mol. The molecule has 1 aliphatic heterocycles. The van der Waals surface area contributed by atoms with E-state index >= 15 is 0 Å². The molecule has 0 aliphatic carbocycles. The van der Waals surface area contributed by atoms with E-state index in [9.17, 15) is 13.2 Å². The van der Waals surface area contributed by atoms with Gasteiger partial charge in [0.25, 0.3) is 0 Å². The number of anilines is 5. The lowest BCUT2D eigenvalue weighted by Crippen LogP contribution is -2.36. The fourth-order valence-electron chi connectivity index (χ4n) is 4.24. The number of sulfonamides is 1. The lowest BCUT2D eigenvalue weighted by atomic mass is 9.89. The number of halogens is 1. The van der Waals surface area contributed by atoms with Crippen molar-refractivity contribution in [2.45, 2.75) is 25.7 Å². The summed E-state index contributed by atoms with van der Waals surface area (Å²) in [6.07, 6.45) is 4.34. The molecule has 4 rings (SSSR count). The van der Waals surface area contributed by atoms with Crippen LogP contribution in [-0.2, 0) is 14.8 Å². The Morgan fingerprint density at radius 2 is 1.78 bits per heavy atom. The fourth-order valence-corrected chi connectivity index (χ4v) is 4.95. The number of nitrogens with one attached hydrogen (secondary N) is 3. The highest BCUT2D eigenvalue weighted by Gasteiger charge is 2.23. The van der Waals surface area contributed by atoms with Crippen LogP contribution in [-0.4, -0.2) is 55.6 Å². The Balaban J connectivity index is 1.52. The van der Waals surface area contributed by atoms with Crippen LogP contribution in [0.3, 0.4) is 0 Å². The smallest absolute Gasteiger partial charge is 0.229 e. The molecule has 1 amide bonds. The summed E-state index contributed by atoms with van der Waals surface area (Å²) in [6, 6.07) is 12.8. The summed E-state index contributed by atoms with van der Waals surface area (Å²) in [4.78, 5) is 22.3. The Hall–Kier alpha value is -3.57. The highest BCUT2D eigenvalue weighted by atomic mass is 35.5. The van der Waals surface area contributed by atoms with Gasteiger partial charge in [0.1, 0.15) is 10.8 Å². The van der Waals surface area contributed by atoms with Gasteiger partial charge in [0.15, 0.2) is 5.82 Å². The number of aromatic nitrogens is 2. The Labute approximate surface area is 221 Å². The van der Waals surface area contributed by atoms with Crippen molar-refractivity contribution in [2.75, 3.05) is 41.8 Å². The average Bonchev–Trinajstić information content (AvgIpc) is 2.86. The molecular formula is C25H29ClN6O4S. The van der Waals surface area contributed by atoms with Crippen LogP contribution in [0.2, 0.25) is 5.02 Å². The largest absolute Gasteiger partial charge is 0.495 e. The van der Waals surface area contributed by atoms with Crippen molar-refractivity contribution in [1.82, 2.24) is 14.9 Å². The molecule has 0 atom stereocenters. The van der Waals surface area contributed by atoms with Gasteiger partial charge in [-0.05, 0) is 48.6 Å². The number of carbonyl (C=O) groups excluding carboxylic acids is 1. The number of amides is 1. The minimum Gasteiger partial charge on any atom is -0.495 e. The molecule has 0 radical (unpaired) electrons. The van der Waals surface area contributed by atoms with Crippen LogP contribution < -0.4 is 20.1 Å². The Morgan fingerprint density at radius 1 is 1.08 bits per heavy atom. The van der Waals surface area contributed by atoms with E-state index in [0.29, 0.717) is 34.5 Å². The number of methoxy groups -OCH3 is 1. The third-order valence-electron chi connectivity index (χ3n) is 6.10. The summed E-state index contributed by atoms with van der Waals surface area (Å²) in [6.45, 7) is 3.11. The van der Waals surface area contributed by atoms with Crippen LogP contribution in [0.1, 0.15) is 31.2 Å². The van der Waals surface area contributed by atoms with Crippen molar-refractivity contribution < 1.29 is 17.9 Å². The molecule has 3 N–H and O–H groups in total. The number of piperidine rings is 1. The molecule has 12 heteroatoms. The zero-order valence-corrected chi connectivity index (χ0v) is 22.4. The van der Waals surface area contributed by atoms with E-state index in [0.717, 1.165) is 37.8 Å². The molecule has 3 aromatic rings. The van der Waals surface area contributed by atoms with Crippen LogP contribution in [0.5, 0.6) is 5.75 Å². The minimum absolute atomic E-state index is 0.113. The number of benzene rings is 2. The number of rotatable bonds is 8. The van der Waals surface area contributed by atoms with E-state index in [1.54, 1.807) is 38.3 Å². The lowest BCUT2D eigenvalue weighted by Gasteiger charge is -2.31. The van der Waals surface area contributed by atoms with Gasteiger partial charge in [0.2, 0.25) is 21.9 Å². The monoisotopic (exact) mass is 544 g/mol. The van der Waals surface area contributed by atoms with Crippen LogP contribution in [0.25, 0.3) is 0 Å². The van der Waals surface area contributed by atoms with Crippen molar-refractivity contribution in [2.24, 2.45) is 0 Å². The van der Waals surface area contributed by atoms with Crippen molar-refractivity contribution >= 4 is 56.4 Å².